The molecule has 0 amide bonds. The lowest BCUT2D eigenvalue weighted by Crippen LogP contribution is -2.38. The first-order valence-corrected chi connectivity index (χ1v) is 17.9. The number of likely N-dealkylation sites (N-methyl/N-ethyl adjacent to an activating group) is 1. The first-order chi connectivity index (χ1) is 20.8. The van der Waals surface area contributed by atoms with E-state index in [1.54, 1.807) is 0 Å². The molecule has 0 spiro atoms. The summed E-state index contributed by atoms with van der Waals surface area (Å²) in [6, 6.07) is 0. The van der Waals surface area contributed by atoms with Crippen LogP contribution in [-0.4, -0.2) is 92.2 Å². The second kappa shape index (κ2) is 29.3. The van der Waals surface area contributed by atoms with Crippen molar-refractivity contribution in [3.05, 3.63) is 0 Å². The van der Waals surface area contributed by atoms with Crippen molar-refractivity contribution in [2.75, 3.05) is 59.1 Å². The Bertz CT molecular complexity index is 646. The third kappa shape index (κ3) is 23.6. The van der Waals surface area contributed by atoms with Crippen LogP contribution in [0.5, 0.6) is 0 Å². The summed E-state index contributed by atoms with van der Waals surface area (Å²) < 4.78 is 16.9. The first kappa shape index (κ1) is 41.6. The number of hydrogen-bond donors (Lipinski definition) is 1. The maximum Gasteiger partial charge on any atom is 0.508 e. The molecule has 8 nitrogen and oxygen atoms in total. The Morgan fingerprint density at radius 2 is 1.30 bits per heavy atom. The highest BCUT2D eigenvalue weighted by atomic mass is 16.7. The van der Waals surface area contributed by atoms with Crippen molar-refractivity contribution in [3.8, 4) is 0 Å². The van der Waals surface area contributed by atoms with E-state index in [1.165, 1.54) is 32.1 Å². The maximum absolute atomic E-state index is 12.6. The lowest BCUT2D eigenvalue weighted by molar-refractivity contribution is -0.145. The highest BCUT2D eigenvalue weighted by molar-refractivity contribution is 5.69. The van der Waals surface area contributed by atoms with Gasteiger partial charge in [0.1, 0.15) is 12.7 Å². The van der Waals surface area contributed by atoms with Crippen LogP contribution in [0, 0.1) is 11.8 Å². The fourth-order valence-corrected chi connectivity index (χ4v) is 5.59. The van der Waals surface area contributed by atoms with Crippen molar-refractivity contribution in [1.29, 1.82) is 0 Å². The van der Waals surface area contributed by atoms with E-state index in [4.69, 9.17) is 14.2 Å². The van der Waals surface area contributed by atoms with E-state index in [2.05, 4.69) is 51.3 Å². The number of carbonyl (C=O) groups excluding carboxylic acids is 2. The molecule has 0 radical (unpaired) electrons. The van der Waals surface area contributed by atoms with Gasteiger partial charge >= 0.3 is 12.1 Å². The van der Waals surface area contributed by atoms with Crippen LogP contribution in [0.15, 0.2) is 0 Å². The molecule has 0 fully saturated rings. The molecule has 3 atom stereocenters. The number of carbonyl (C=O) groups is 2. The predicted octanol–water partition coefficient (Wildman–Crippen LogP) is 7.85. The molecule has 0 aromatic rings. The van der Waals surface area contributed by atoms with E-state index in [0.29, 0.717) is 50.8 Å². The van der Waals surface area contributed by atoms with Gasteiger partial charge in [0.05, 0.1) is 13.2 Å². The molecule has 0 aromatic heterocycles. The number of esters is 1. The van der Waals surface area contributed by atoms with Gasteiger partial charge in [-0.1, -0.05) is 99.3 Å². The van der Waals surface area contributed by atoms with Gasteiger partial charge in [-0.25, -0.2) is 4.79 Å². The topological polar surface area (TPSA) is 88.5 Å². The van der Waals surface area contributed by atoms with Crippen molar-refractivity contribution in [2.24, 2.45) is 11.8 Å². The average Bonchev–Trinajstić information content (AvgIpc) is 2.99. The second-order valence-corrected chi connectivity index (χ2v) is 12.2. The van der Waals surface area contributed by atoms with Crippen LogP contribution in [0.2, 0.25) is 0 Å². The van der Waals surface area contributed by atoms with E-state index in [1.807, 2.05) is 0 Å². The van der Waals surface area contributed by atoms with Gasteiger partial charge in [0.25, 0.3) is 0 Å². The van der Waals surface area contributed by atoms with Crippen molar-refractivity contribution >= 4 is 12.1 Å². The first-order valence-electron chi connectivity index (χ1n) is 17.9. The normalized spacial score (nSPS) is 13.7. The van der Waals surface area contributed by atoms with Gasteiger partial charge in [-0.15, -0.1) is 0 Å². The number of ether oxygens (including phenoxy) is 3. The van der Waals surface area contributed by atoms with E-state index < -0.39 is 6.16 Å². The van der Waals surface area contributed by atoms with Crippen LogP contribution in [0.4, 0.5) is 4.79 Å². The molecule has 256 valence electrons. The van der Waals surface area contributed by atoms with Crippen LogP contribution >= 0.6 is 0 Å². The molecule has 0 saturated carbocycles. The van der Waals surface area contributed by atoms with E-state index >= 15 is 0 Å². The van der Waals surface area contributed by atoms with E-state index in [0.717, 1.165) is 71.1 Å². The molecule has 43 heavy (non-hydrogen) atoms. The minimum absolute atomic E-state index is 0.0718. The molecule has 0 aliphatic rings. The van der Waals surface area contributed by atoms with E-state index in [-0.39, 0.29) is 25.3 Å². The molecule has 0 rings (SSSR count). The lowest BCUT2D eigenvalue weighted by Gasteiger charge is -2.25. The monoisotopic (exact) mass is 615 g/mol. The van der Waals surface area contributed by atoms with Crippen molar-refractivity contribution < 1.29 is 28.9 Å². The third-order valence-electron chi connectivity index (χ3n) is 8.66. The lowest BCUT2D eigenvalue weighted by atomic mass is 9.86. The summed E-state index contributed by atoms with van der Waals surface area (Å²) >= 11 is 0. The summed E-state index contributed by atoms with van der Waals surface area (Å²) in [7, 11) is 0. The number of aliphatic hydroxyl groups excluding tert-OH is 1. The number of rotatable bonds is 30. The summed E-state index contributed by atoms with van der Waals surface area (Å²) in [6.45, 7) is 18.8. The van der Waals surface area contributed by atoms with E-state index in [9.17, 15) is 14.7 Å². The van der Waals surface area contributed by atoms with Crippen LogP contribution < -0.4 is 0 Å². The zero-order chi connectivity index (χ0) is 32.1. The van der Waals surface area contributed by atoms with Crippen molar-refractivity contribution in [3.63, 3.8) is 0 Å². The second-order valence-electron chi connectivity index (χ2n) is 12.2. The van der Waals surface area contributed by atoms with Gasteiger partial charge in [0.2, 0.25) is 0 Å². The quantitative estimate of drug-likeness (QED) is 0.0646. The largest absolute Gasteiger partial charge is 0.508 e. The van der Waals surface area contributed by atoms with Gasteiger partial charge in [-0.2, -0.15) is 0 Å². The van der Waals surface area contributed by atoms with Crippen LogP contribution in [0.25, 0.3) is 0 Å². The zero-order valence-corrected chi connectivity index (χ0v) is 29.1. The van der Waals surface area contributed by atoms with Crippen LogP contribution in [-0.2, 0) is 19.0 Å². The van der Waals surface area contributed by atoms with Gasteiger partial charge in [0.15, 0.2) is 0 Å². The number of nitrogens with zero attached hydrogens (tertiary/aromatic N) is 2. The molecule has 0 saturated heterocycles. The Hall–Kier alpha value is -1.38. The Morgan fingerprint density at radius 3 is 1.91 bits per heavy atom. The highest BCUT2D eigenvalue weighted by Crippen LogP contribution is 2.24. The zero-order valence-electron chi connectivity index (χ0n) is 29.1. The molecule has 0 bridgehead atoms. The maximum atomic E-state index is 12.6. The SMILES string of the molecule is CCCCCCC(CCCC(=O)OCC(CCCCCC)C(C)CCC)OC(=O)OCCN(CCO)CCN(CC)CC. The van der Waals surface area contributed by atoms with Crippen LogP contribution in [0.3, 0.4) is 0 Å². The Labute approximate surface area is 265 Å². The smallest absolute Gasteiger partial charge is 0.465 e. The standard InChI is InChI=1S/C35H70N2O6/c1-7-12-14-16-20-32(31(6)19-9-3)30-42-34(39)23-18-22-33(21-17-15-13-8-2)43-35(40)41-29-27-37(26-28-38)25-24-36(10-4)11-5/h31-33,38H,7-30H2,1-6H3. The Balaban J connectivity index is 4.70. The molecule has 0 aliphatic heterocycles. The summed E-state index contributed by atoms with van der Waals surface area (Å²) in [6.07, 6.45) is 14.3. The minimum Gasteiger partial charge on any atom is -0.465 e. The third-order valence-corrected chi connectivity index (χ3v) is 8.66. The number of aliphatic hydroxyl groups is 1. The molecule has 0 aromatic carbocycles. The van der Waals surface area contributed by atoms with Gasteiger partial charge in [-0.05, 0) is 57.0 Å². The Morgan fingerprint density at radius 1 is 0.674 bits per heavy atom. The molecular weight excluding hydrogens is 544 g/mol. The molecular formula is C35H70N2O6. The van der Waals surface area contributed by atoms with Gasteiger partial charge in [-0.3, -0.25) is 9.69 Å². The summed E-state index contributed by atoms with van der Waals surface area (Å²) in [5.74, 6) is 0.836. The van der Waals surface area contributed by atoms with Crippen LogP contribution in [0.1, 0.15) is 138 Å². The molecule has 0 aliphatic carbocycles. The fraction of sp³-hybridized carbons (Fsp3) is 0.943. The highest BCUT2D eigenvalue weighted by Gasteiger charge is 2.20. The molecule has 3 unspecified atom stereocenters. The van der Waals surface area contributed by atoms with Gasteiger partial charge < -0.3 is 24.2 Å². The number of hydrogen-bond acceptors (Lipinski definition) is 8. The van der Waals surface area contributed by atoms with Crippen molar-refractivity contribution in [1.82, 2.24) is 9.80 Å². The summed E-state index contributed by atoms with van der Waals surface area (Å²) in [5, 5.41) is 9.42. The molecule has 8 heteroatoms. The summed E-state index contributed by atoms with van der Waals surface area (Å²) in [5.41, 5.74) is 0. The Kier molecular flexibility index (Phi) is 28.4. The summed E-state index contributed by atoms with van der Waals surface area (Å²) in [4.78, 5) is 29.6. The minimum atomic E-state index is -0.647. The predicted molar refractivity (Wildman–Crippen MR) is 177 cm³/mol. The molecule has 0 heterocycles. The fourth-order valence-electron chi connectivity index (χ4n) is 5.59. The number of unbranched alkanes of at least 4 members (excludes halogenated alkanes) is 6. The van der Waals surface area contributed by atoms with Crippen molar-refractivity contribution in [2.45, 2.75) is 144 Å². The average molecular weight is 615 g/mol. The molecule has 1 N–H and O–H groups in total. The van der Waals surface area contributed by atoms with Gasteiger partial charge in [0, 0.05) is 32.6 Å².